The highest BCUT2D eigenvalue weighted by molar-refractivity contribution is 14.1. The number of hydrogen-bond acceptors (Lipinski definition) is 4. The average Bonchev–Trinajstić information content (AvgIpc) is 2.36. The lowest BCUT2D eigenvalue weighted by atomic mass is 10.1. The highest BCUT2D eigenvalue weighted by atomic mass is 127. The predicted octanol–water partition coefficient (Wildman–Crippen LogP) is 1.56. The molecule has 0 aliphatic rings. The van der Waals surface area contributed by atoms with Gasteiger partial charge in [0, 0.05) is 29.7 Å². The summed E-state index contributed by atoms with van der Waals surface area (Å²) >= 11 is 1.99. The van der Waals surface area contributed by atoms with E-state index in [1.807, 2.05) is 36.4 Å². The number of rotatable bonds is 2. The lowest BCUT2D eigenvalue weighted by molar-refractivity contribution is -0.00786. The minimum Gasteiger partial charge on any atom is -0.369 e. The lowest BCUT2D eigenvalue weighted by Crippen LogP contribution is -2.19. The average molecular weight is 268 g/mol. The highest BCUT2D eigenvalue weighted by Gasteiger charge is 2.26. The van der Waals surface area contributed by atoms with Crippen LogP contribution in [-0.4, -0.2) is 17.3 Å². The lowest BCUT2D eigenvalue weighted by Gasteiger charge is -2.16. The van der Waals surface area contributed by atoms with E-state index in [4.69, 9.17) is 9.26 Å². The van der Waals surface area contributed by atoms with Gasteiger partial charge in [-0.2, -0.15) is 4.98 Å². The zero-order chi connectivity index (χ0) is 8.48. The number of halogens is 1. The maximum Gasteiger partial charge on any atom is 0.258 e. The summed E-state index contributed by atoms with van der Waals surface area (Å²) in [6, 6.07) is 0. The Balaban J connectivity index is 2.92. The van der Waals surface area contributed by atoms with Crippen molar-refractivity contribution in [1.29, 1.82) is 0 Å². The van der Waals surface area contributed by atoms with E-state index in [-0.39, 0.29) is 0 Å². The molecule has 1 aromatic rings. The Morgan fingerprint density at radius 2 is 2.18 bits per heavy atom. The van der Waals surface area contributed by atoms with Gasteiger partial charge in [0.05, 0.1) is 0 Å². The fraction of sp³-hybridized carbons (Fsp3) is 0.667. The van der Waals surface area contributed by atoms with Crippen LogP contribution >= 0.6 is 22.6 Å². The molecule has 0 aliphatic carbocycles. The molecule has 1 rings (SSSR count). The molecule has 1 aromatic heterocycles. The van der Waals surface area contributed by atoms with Crippen LogP contribution in [0.15, 0.2) is 4.52 Å². The van der Waals surface area contributed by atoms with E-state index in [9.17, 15) is 0 Å². The van der Waals surface area contributed by atoms with Gasteiger partial charge in [-0.05, 0) is 13.8 Å². The van der Waals surface area contributed by atoms with Gasteiger partial charge in [-0.15, -0.1) is 0 Å². The first-order chi connectivity index (χ1) is 5.06. The summed E-state index contributed by atoms with van der Waals surface area (Å²) in [6.45, 7) is 3.74. The van der Waals surface area contributed by atoms with E-state index in [2.05, 4.69) is 10.1 Å². The van der Waals surface area contributed by atoms with Gasteiger partial charge in [0.15, 0.2) is 0 Å². The van der Waals surface area contributed by atoms with Crippen molar-refractivity contribution in [3.63, 3.8) is 0 Å². The van der Waals surface area contributed by atoms with Crippen molar-refractivity contribution in [2.45, 2.75) is 19.4 Å². The molecule has 0 aromatic carbocycles. The molecule has 0 spiro atoms. The molecule has 0 fully saturated rings. The Morgan fingerprint density at radius 1 is 1.55 bits per heavy atom. The first kappa shape index (κ1) is 8.92. The summed E-state index contributed by atoms with van der Waals surface area (Å²) in [5.41, 5.74) is -0.490. The summed E-state index contributed by atoms with van der Waals surface area (Å²) in [5.74, 6) is 0.504. The summed E-state index contributed by atoms with van der Waals surface area (Å²) < 4.78 is 10.7. The third-order valence-electron chi connectivity index (χ3n) is 1.43. The zero-order valence-corrected chi connectivity index (χ0v) is 8.75. The molecule has 0 amide bonds. The minimum absolute atomic E-state index is 0.490. The molecular weight excluding hydrogens is 259 g/mol. The maximum absolute atomic E-state index is 5.14. The molecule has 11 heavy (non-hydrogen) atoms. The quantitative estimate of drug-likeness (QED) is 0.763. The number of ether oxygens (including phenoxy) is 1. The first-order valence-corrected chi connectivity index (χ1v) is 4.19. The monoisotopic (exact) mass is 268 g/mol. The van der Waals surface area contributed by atoms with Gasteiger partial charge in [-0.1, -0.05) is 5.16 Å². The van der Waals surface area contributed by atoms with Gasteiger partial charge < -0.3 is 9.26 Å². The Bertz CT molecular complexity index is 246. The molecule has 0 unspecified atom stereocenters. The maximum atomic E-state index is 5.14. The second-order valence-corrected chi connectivity index (χ2v) is 3.55. The summed E-state index contributed by atoms with van der Waals surface area (Å²) in [4.78, 5) is 4.04. The topological polar surface area (TPSA) is 48.2 Å². The Labute approximate surface area is 78.5 Å². The van der Waals surface area contributed by atoms with Gasteiger partial charge >= 0.3 is 0 Å². The normalized spacial score (nSPS) is 12.0. The predicted molar refractivity (Wildman–Crippen MR) is 47.1 cm³/mol. The van der Waals surface area contributed by atoms with Crippen LogP contribution in [0.1, 0.15) is 19.7 Å². The van der Waals surface area contributed by atoms with E-state index in [1.54, 1.807) is 7.11 Å². The second-order valence-electron chi connectivity index (χ2n) is 2.58. The summed E-state index contributed by atoms with van der Waals surface area (Å²) in [5, 5.41) is 3.65. The Morgan fingerprint density at radius 3 is 2.55 bits per heavy atom. The van der Waals surface area contributed by atoms with Crippen LogP contribution in [0.3, 0.4) is 0 Å². The summed E-state index contributed by atoms with van der Waals surface area (Å²) in [6.07, 6.45) is 0. The number of methoxy groups -OCH3 is 1. The molecule has 4 nitrogen and oxygen atoms in total. The third kappa shape index (κ3) is 1.90. The summed E-state index contributed by atoms with van der Waals surface area (Å²) in [7, 11) is 1.61. The van der Waals surface area contributed by atoms with Crippen molar-refractivity contribution in [3.05, 3.63) is 9.72 Å². The van der Waals surface area contributed by atoms with Crippen LogP contribution < -0.4 is 0 Å². The van der Waals surface area contributed by atoms with Gasteiger partial charge in [0.2, 0.25) is 3.83 Å². The van der Waals surface area contributed by atoms with Crippen LogP contribution in [0.25, 0.3) is 0 Å². The molecular formula is C6H9IN2O2. The molecule has 0 N–H and O–H groups in total. The molecule has 62 valence electrons. The van der Waals surface area contributed by atoms with E-state index >= 15 is 0 Å². The van der Waals surface area contributed by atoms with Crippen molar-refractivity contribution < 1.29 is 9.26 Å². The molecule has 0 bridgehead atoms. The number of hydrogen-bond donors (Lipinski definition) is 0. The molecule has 1 heterocycles. The van der Waals surface area contributed by atoms with E-state index in [0.29, 0.717) is 9.72 Å². The smallest absolute Gasteiger partial charge is 0.258 e. The number of nitrogens with zero attached hydrogens (tertiary/aromatic N) is 2. The molecule has 0 saturated heterocycles. The minimum atomic E-state index is -0.490. The van der Waals surface area contributed by atoms with Gasteiger partial charge in [-0.3, -0.25) is 0 Å². The molecule has 0 saturated carbocycles. The molecule has 5 heteroatoms. The van der Waals surface area contributed by atoms with Crippen LogP contribution in [0.4, 0.5) is 0 Å². The van der Waals surface area contributed by atoms with Crippen molar-refractivity contribution in [3.8, 4) is 0 Å². The van der Waals surface area contributed by atoms with Crippen LogP contribution in [-0.2, 0) is 10.3 Å². The largest absolute Gasteiger partial charge is 0.369 e. The molecule has 0 aliphatic heterocycles. The molecule has 0 radical (unpaired) electrons. The van der Waals surface area contributed by atoms with Gasteiger partial charge in [0.1, 0.15) is 5.60 Å². The van der Waals surface area contributed by atoms with Crippen molar-refractivity contribution in [2.24, 2.45) is 0 Å². The zero-order valence-electron chi connectivity index (χ0n) is 6.59. The Kier molecular flexibility index (Phi) is 2.48. The van der Waals surface area contributed by atoms with Crippen LogP contribution in [0.2, 0.25) is 0 Å². The SMILES string of the molecule is COC(C)(C)c1nc(I)no1. The first-order valence-electron chi connectivity index (χ1n) is 3.11. The number of aromatic nitrogens is 2. The van der Waals surface area contributed by atoms with Crippen molar-refractivity contribution in [1.82, 2.24) is 10.1 Å². The molecule has 0 atom stereocenters. The van der Waals surface area contributed by atoms with E-state index in [0.717, 1.165) is 0 Å². The van der Waals surface area contributed by atoms with E-state index in [1.165, 1.54) is 0 Å². The standard InChI is InChI=1S/C6H9IN2O2/c1-6(2,10-3)4-8-5(7)9-11-4/h1-3H3. The van der Waals surface area contributed by atoms with E-state index < -0.39 is 5.60 Å². The van der Waals surface area contributed by atoms with Gasteiger partial charge in [-0.25, -0.2) is 0 Å². The highest BCUT2D eigenvalue weighted by Crippen LogP contribution is 2.21. The third-order valence-corrected chi connectivity index (χ3v) is 1.86. The fourth-order valence-electron chi connectivity index (χ4n) is 0.537. The van der Waals surface area contributed by atoms with Crippen molar-refractivity contribution >= 4 is 22.6 Å². The van der Waals surface area contributed by atoms with Crippen LogP contribution in [0.5, 0.6) is 0 Å². The van der Waals surface area contributed by atoms with Crippen molar-refractivity contribution in [2.75, 3.05) is 7.11 Å². The van der Waals surface area contributed by atoms with Gasteiger partial charge in [0.25, 0.3) is 5.89 Å². The van der Waals surface area contributed by atoms with Crippen LogP contribution in [0, 0.1) is 3.83 Å². The fourth-order valence-corrected chi connectivity index (χ4v) is 0.855. The second kappa shape index (κ2) is 3.06. The Hall–Kier alpha value is -0.170.